The summed E-state index contributed by atoms with van der Waals surface area (Å²) in [6.45, 7) is 8.02. The minimum Gasteiger partial charge on any atom is -0.444 e. The van der Waals surface area contributed by atoms with Gasteiger partial charge in [0.25, 0.3) is 0 Å². The van der Waals surface area contributed by atoms with Crippen molar-refractivity contribution in [2.24, 2.45) is 5.92 Å². The van der Waals surface area contributed by atoms with Crippen LogP contribution >= 0.6 is 0 Å². The molecule has 1 fully saturated rings. The number of hydrogen-bond donors (Lipinski definition) is 1. The number of amides is 1. The summed E-state index contributed by atoms with van der Waals surface area (Å²) >= 11 is 0. The summed E-state index contributed by atoms with van der Waals surface area (Å²) in [7, 11) is 2.02. The lowest BCUT2D eigenvalue weighted by molar-refractivity contribution is 0.0170. The van der Waals surface area contributed by atoms with E-state index in [0.717, 1.165) is 49.6 Å². The fourth-order valence-electron chi connectivity index (χ4n) is 3.19. The highest BCUT2D eigenvalue weighted by molar-refractivity contribution is 5.73. The number of carbonyl (C=O) groups excluding carboxylic acids is 1. The van der Waals surface area contributed by atoms with Crippen molar-refractivity contribution in [3.63, 3.8) is 0 Å². The van der Waals surface area contributed by atoms with Crippen LogP contribution in [-0.2, 0) is 4.74 Å². The van der Waals surface area contributed by atoms with E-state index in [1.165, 1.54) is 0 Å². The van der Waals surface area contributed by atoms with Crippen molar-refractivity contribution >= 4 is 23.2 Å². The Morgan fingerprint density at radius 3 is 3.00 bits per heavy atom. The van der Waals surface area contributed by atoms with E-state index in [0.29, 0.717) is 5.92 Å². The largest absolute Gasteiger partial charge is 0.444 e. The average molecular weight is 345 g/mol. The fraction of sp³-hybridized carbons (Fsp3) is 0.611. The summed E-state index contributed by atoms with van der Waals surface area (Å²) in [5.41, 5.74) is 1.20. The monoisotopic (exact) mass is 345 g/mol. The van der Waals surface area contributed by atoms with Crippen molar-refractivity contribution in [1.29, 1.82) is 0 Å². The highest BCUT2D eigenvalue weighted by Gasteiger charge is 2.28. The van der Waals surface area contributed by atoms with Crippen LogP contribution in [0.3, 0.4) is 0 Å². The van der Waals surface area contributed by atoms with Gasteiger partial charge in [0.05, 0.1) is 5.52 Å². The minimum absolute atomic E-state index is 0.215. The van der Waals surface area contributed by atoms with Crippen LogP contribution in [0.25, 0.3) is 11.2 Å². The van der Waals surface area contributed by atoms with Crippen LogP contribution in [0.4, 0.5) is 10.7 Å². The zero-order chi connectivity index (χ0) is 18.0. The quantitative estimate of drug-likeness (QED) is 0.925. The van der Waals surface area contributed by atoms with Crippen molar-refractivity contribution < 1.29 is 9.53 Å². The number of imidazole rings is 1. The molecule has 0 bridgehead atoms. The molecule has 2 aromatic rings. The predicted molar refractivity (Wildman–Crippen MR) is 97.7 cm³/mol. The van der Waals surface area contributed by atoms with Gasteiger partial charge in [0.1, 0.15) is 5.60 Å². The maximum atomic E-state index is 12.3. The third kappa shape index (κ3) is 4.41. The number of hydrogen-bond acceptors (Lipinski definition) is 5. The van der Waals surface area contributed by atoms with Crippen LogP contribution in [0.2, 0.25) is 0 Å². The molecule has 3 heterocycles. The minimum atomic E-state index is -0.456. The molecule has 1 saturated heterocycles. The number of nitrogens with one attached hydrogen (secondary N) is 1. The lowest BCUT2D eigenvalue weighted by Gasteiger charge is -2.35. The summed E-state index contributed by atoms with van der Waals surface area (Å²) in [6, 6.07) is 3.86. The molecule has 25 heavy (non-hydrogen) atoms. The zero-order valence-corrected chi connectivity index (χ0v) is 15.5. The third-order valence-electron chi connectivity index (χ3n) is 4.31. The molecule has 1 amide bonds. The van der Waals surface area contributed by atoms with Gasteiger partial charge in [0.2, 0.25) is 5.95 Å². The van der Waals surface area contributed by atoms with Gasteiger partial charge in [-0.15, -0.1) is 0 Å². The van der Waals surface area contributed by atoms with E-state index in [4.69, 9.17) is 4.74 Å². The van der Waals surface area contributed by atoms with Gasteiger partial charge in [-0.05, 0) is 51.7 Å². The molecule has 1 aliphatic heterocycles. The number of ether oxygens (including phenoxy) is 1. The fourth-order valence-corrected chi connectivity index (χ4v) is 3.19. The van der Waals surface area contributed by atoms with Crippen LogP contribution in [-0.4, -0.2) is 58.2 Å². The zero-order valence-electron chi connectivity index (χ0n) is 15.5. The van der Waals surface area contributed by atoms with Gasteiger partial charge in [-0.25, -0.2) is 9.78 Å². The Bertz CT molecular complexity index is 703. The smallest absolute Gasteiger partial charge is 0.410 e. The van der Waals surface area contributed by atoms with E-state index in [1.807, 2.05) is 44.9 Å². The second kappa shape index (κ2) is 6.90. The summed E-state index contributed by atoms with van der Waals surface area (Å²) in [4.78, 5) is 28.3. The van der Waals surface area contributed by atoms with E-state index in [2.05, 4.69) is 19.9 Å². The molecule has 0 unspecified atom stereocenters. The molecule has 0 radical (unpaired) electrons. The number of aromatic amines is 1. The molecule has 0 saturated carbocycles. The molecule has 0 spiro atoms. The Hall–Kier alpha value is -2.31. The highest BCUT2D eigenvalue weighted by Crippen LogP contribution is 2.22. The molecule has 0 aliphatic carbocycles. The number of rotatable bonds is 3. The first-order chi connectivity index (χ1) is 11.8. The average Bonchev–Trinajstić information content (AvgIpc) is 2.98. The number of fused-ring (bicyclic) bond motifs is 1. The van der Waals surface area contributed by atoms with Crippen molar-refractivity contribution in [2.75, 3.05) is 31.6 Å². The van der Waals surface area contributed by atoms with Crippen LogP contribution in [0.5, 0.6) is 0 Å². The Kier molecular flexibility index (Phi) is 4.83. The molecule has 3 rings (SSSR count). The molecule has 7 heteroatoms. The topological polar surface area (TPSA) is 74.3 Å². The maximum absolute atomic E-state index is 12.3. The highest BCUT2D eigenvalue weighted by atomic mass is 16.6. The van der Waals surface area contributed by atoms with E-state index in [-0.39, 0.29) is 6.09 Å². The van der Waals surface area contributed by atoms with Gasteiger partial charge in [-0.1, -0.05) is 0 Å². The SMILES string of the molecule is CN(C[C@@H]1CCCN(C(=O)OC(C)(C)C)C1)c1nc2ncccc2[nH]1. The van der Waals surface area contributed by atoms with Crippen LogP contribution < -0.4 is 4.90 Å². The van der Waals surface area contributed by atoms with Crippen LogP contribution in [0.15, 0.2) is 18.3 Å². The molecule has 1 atom stereocenters. The lowest BCUT2D eigenvalue weighted by Crippen LogP contribution is -2.45. The molecular formula is C18H27N5O2. The number of carbonyl (C=O) groups is 1. The number of H-pyrrole nitrogens is 1. The van der Waals surface area contributed by atoms with Crippen molar-refractivity contribution in [3.8, 4) is 0 Å². The van der Waals surface area contributed by atoms with E-state index >= 15 is 0 Å². The number of aromatic nitrogens is 3. The Balaban J connectivity index is 1.61. The number of piperidine rings is 1. The van der Waals surface area contributed by atoms with Gasteiger partial charge in [0, 0.05) is 32.9 Å². The predicted octanol–water partition coefficient (Wildman–Crippen LogP) is 3.04. The van der Waals surface area contributed by atoms with Gasteiger partial charge >= 0.3 is 6.09 Å². The number of anilines is 1. The Morgan fingerprint density at radius 2 is 2.28 bits per heavy atom. The van der Waals surface area contributed by atoms with Crippen LogP contribution in [0.1, 0.15) is 33.6 Å². The first-order valence-corrected chi connectivity index (χ1v) is 8.81. The van der Waals surface area contributed by atoms with Gasteiger partial charge < -0.3 is 19.5 Å². The second-order valence-electron chi connectivity index (χ2n) is 7.75. The molecule has 1 aliphatic rings. The van der Waals surface area contributed by atoms with E-state index in [1.54, 1.807) is 6.20 Å². The standard InChI is InChI=1S/C18H27N5O2/c1-18(2,3)25-17(24)23-10-6-7-13(12-23)11-22(4)16-20-14-8-5-9-19-15(14)21-16/h5,8-9,13H,6-7,10-12H2,1-4H3,(H,19,20,21)/t13-/m0/s1. The molecule has 0 aromatic carbocycles. The molecular weight excluding hydrogens is 318 g/mol. The van der Waals surface area contributed by atoms with Crippen molar-refractivity contribution in [3.05, 3.63) is 18.3 Å². The van der Waals surface area contributed by atoms with Gasteiger partial charge in [-0.2, -0.15) is 4.98 Å². The van der Waals surface area contributed by atoms with Gasteiger partial charge in [0.15, 0.2) is 5.65 Å². The molecule has 7 nitrogen and oxygen atoms in total. The molecule has 136 valence electrons. The number of likely N-dealkylation sites (tertiary alicyclic amines) is 1. The lowest BCUT2D eigenvalue weighted by atomic mass is 9.98. The number of nitrogens with zero attached hydrogens (tertiary/aromatic N) is 4. The Morgan fingerprint density at radius 1 is 1.48 bits per heavy atom. The summed E-state index contributed by atoms with van der Waals surface area (Å²) < 4.78 is 5.50. The second-order valence-corrected chi connectivity index (χ2v) is 7.75. The maximum Gasteiger partial charge on any atom is 0.410 e. The third-order valence-corrected chi connectivity index (χ3v) is 4.31. The summed E-state index contributed by atoms with van der Waals surface area (Å²) in [5, 5.41) is 0. The van der Waals surface area contributed by atoms with Crippen molar-refractivity contribution in [2.45, 2.75) is 39.2 Å². The van der Waals surface area contributed by atoms with E-state index in [9.17, 15) is 4.79 Å². The normalized spacial score (nSPS) is 18.4. The summed E-state index contributed by atoms with van der Waals surface area (Å²) in [6.07, 6.45) is 3.63. The first-order valence-electron chi connectivity index (χ1n) is 8.81. The summed E-state index contributed by atoms with van der Waals surface area (Å²) in [5.74, 6) is 1.20. The van der Waals surface area contributed by atoms with Gasteiger partial charge in [-0.3, -0.25) is 0 Å². The first kappa shape index (κ1) is 17.5. The molecule has 1 N–H and O–H groups in total. The molecule has 2 aromatic heterocycles. The van der Waals surface area contributed by atoms with E-state index < -0.39 is 5.60 Å². The van der Waals surface area contributed by atoms with Crippen molar-refractivity contribution in [1.82, 2.24) is 19.9 Å². The van der Waals surface area contributed by atoms with Crippen LogP contribution in [0, 0.1) is 5.92 Å². The Labute approximate surface area is 148 Å². The number of pyridine rings is 1.